The zero-order valence-electron chi connectivity index (χ0n) is 12.3. The molecule has 118 valence electrons. The van der Waals surface area contributed by atoms with E-state index < -0.39 is 6.61 Å². The SMILES string of the molecule is CC(C)Oc1cc(NCc2cnccn2)ccc1OC(F)F. The maximum atomic E-state index is 12.4. The minimum atomic E-state index is -2.90. The Kier molecular flexibility index (Phi) is 5.46. The van der Waals surface area contributed by atoms with Crippen LogP contribution >= 0.6 is 0 Å². The molecule has 0 spiro atoms. The molecule has 0 bridgehead atoms. The molecule has 0 radical (unpaired) electrons. The van der Waals surface area contributed by atoms with E-state index in [9.17, 15) is 8.78 Å². The van der Waals surface area contributed by atoms with E-state index in [1.54, 1.807) is 30.7 Å². The molecule has 1 aromatic heterocycles. The monoisotopic (exact) mass is 309 g/mol. The van der Waals surface area contributed by atoms with Gasteiger partial charge in [-0.2, -0.15) is 8.78 Å². The van der Waals surface area contributed by atoms with Crippen LogP contribution in [0.15, 0.2) is 36.8 Å². The third-order valence-electron chi connectivity index (χ3n) is 2.61. The maximum absolute atomic E-state index is 12.4. The summed E-state index contributed by atoms with van der Waals surface area (Å²) in [5.74, 6) is 0.271. The number of nitrogens with one attached hydrogen (secondary N) is 1. The number of rotatable bonds is 7. The molecule has 2 rings (SSSR count). The first-order valence-corrected chi connectivity index (χ1v) is 6.79. The lowest BCUT2D eigenvalue weighted by atomic mass is 10.2. The maximum Gasteiger partial charge on any atom is 0.387 e. The number of benzene rings is 1. The summed E-state index contributed by atoms with van der Waals surface area (Å²) in [5, 5.41) is 3.13. The van der Waals surface area contributed by atoms with Gasteiger partial charge in [-0.25, -0.2) is 0 Å². The average molecular weight is 309 g/mol. The van der Waals surface area contributed by atoms with Gasteiger partial charge in [0, 0.05) is 24.1 Å². The fraction of sp³-hybridized carbons (Fsp3) is 0.333. The zero-order chi connectivity index (χ0) is 15.9. The average Bonchev–Trinajstić information content (AvgIpc) is 2.47. The van der Waals surface area contributed by atoms with Gasteiger partial charge in [-0.3, -0.25) is 9.97 Å². The van der Waals surface area contributed by atoms with Crippen LogP contribution in [0.3, 0.4) is 0 Å². The van der Waals surface area contributed by atoms with Crippen molar-refractivity contribution in [3.8, 4) is 11.5 Å². The van der Waals surface area contributed by atoms with Crippen molar-refractivity contribution in [2.75, 3.05) is 5.32 Å². The van der Waals surface area contributed by atoms with E-state index in [1.165, 1.54) is 6.07 Å². The number of ether oxygens (including phenoxy) is 2. The molecule has 2 aromatic rings. The van der Waals surface area contributed by atoms with Crippen LogP contribution < -0.4 is 14.8 Å². The highest BCUT2D eigenvalue weighted by Gasteiger charge is 2.13. The van der Waals surface area contributed by atoms with Crippen molar-refractivity contribution in [3.63, 3.8) is 0 Å². The molecule has 5 nitrogen and oxygen atoms in total. The molecular weight excluding hydrogens is 292 g/mol. The number of aromatic nitrogens is 2. The molecule has 0 unspecified atom stereocenters. The number of alkyl halides is 2. The third-order valence-corrected chi connectivity index (χ3v) is 2.61. The van der Waals surface area contributed by atoms with Crippen molar-refractivity contribution >= 4 is 5.69 Å². The van der Waals surface area contributed by atoms with E-state index in [0.717, 1.165) is 5.69 Å². The fourth-order valence-corrected chi connectivity index (χ4v) is 1.77. The predicted molar refractivity (Wildman–Crippen MR) is 78.2 cm³/mol. The minimum Gasteiger partial charge on any atom is -0.487 e. The van der Waals surface area contributed by atoms with Crippen molar-refractivity contribution in [2.24, 2.45) is 0 Å². The van der Waals surface area contributed by atoms with Crippen LogP contribution in [0.1, 0.15) is 19.5 Å². The van der Waals surface area contributed by atoms with E-state index in [4.69, 9.17) is 4.74 Å². The van der Waals surface area contributed by atoms with Gasteiger partial charge in [0.15, 0.2) is 11.5 Å². The number of hydrogen-bond donors (Lipinski definition) is 1. The van der Waals surface area contributed by atoms with Crippen LogP contribution in [0.5, 0.6) is 11.5 Å². The lowest BCUT2D eigenvalue weighted by Gasteiger charge is -2.16. The number of anilines is 1. The second kappa shape index (κ2) is 7.53. The molecule has 0 aliphatic carbocycles. The summed E-state index contributed by atoms with van der Waals surface area (Å²) < 4.78 is 34.8. The van der Waals surface area contributed by atoms with Gasteiger partial charge in [0.1, 0.15) is 0 Å². The summed E-state index contributed by atoms with van der Waals surface area (Å²) >= 11 is 0. The Morgan fingerprint density at radius 1 is 1.14 bits per heavy atom. The van der Waals surface area contributed by atoms with Gasteiger partial charge >= 0.3 is 6.61 Å². The Labute approximate surface area is 127 Å². The summed E-state index contributed by atoms with van der Waals surface area (Å²) in [7, 11) is 0. The summed E-state index contributed by atoms with van der Waals surface area (Å²) in [6, 6.07) is 4.71. The van der Waals surface area contributed by atoms with Crippen LogP contribution in [0.4, 0.5) is 14.5 Å². The summed E-state index contributed by atoms with van der Waals surface area (Å²) in [4.78, 5) is 8.11. The Bertz CT molecular complexity index is 595. The first-order valence-electron chi connectivity index (χ1n) is 6.79. The third kappa shape index (κ3) is 4.83. The van der Waals surface area contributed by atoms with E-state index >= 15 is 0 Å². The van der Waals surface area contributed by atoms with Crippen molar-refractivity contribution in [1.82, 2.24) is 9.97 Å². The van der Waals surface area contributed by atoms with Gasteiger partial charge in [0.25, 0.3) is 0 Å². The van der Waals surface area contributed by atoms with E-state index in [1.807, 2.05) is 13.8 Å². The van der Waals surface area contributed by atoms with Gasteiger partial charge in [-0.05, 0) is 26.0 Å². The number of hydrogen-bond acceptors (Lipinski definition) is 5. The molecule has 0 amide bonds. The lowest BCUT2D eigenvalue weighted by molar-refractivity contribution is -0.0518. The van der Waals surface area contributed by atoms with Gasteiger partial charge in [0.05, 0.1) is 24.5 Å². The first-order chi connectivity index (χ1) is 10.5. The van der Waals surface area contributed by atoms with Crippen LogP contribution in [0, 0.1) is 0 Å². The van der Waals surface area contributed by atoms with Crippen LogP contribution in [-0.2, 0) is 6.54 Å². The van der Waals surface area contributed by atoms with E-state index in [-0.39, 0.29) is 17.6 Å². The molecule has 1 aromatic carbocycles. The van der Waals surface area contributed by atoms with Crippen molar-refractivity contribution < 1.29 is 18.3 Å². The quantitative estimate of drug-likeness (QED) is 0.848. The topological polar surface area (TPSA) is 56.3 Å². The number of nitrogens with zero attached hydrogens (tertiary/aromatic N) is 2. The molecule has 0 saturated heterocycles. The van der Waals surface area contributed by atoms with Gasteiger partial charge < -0.3 is 14.8 Å². The Morgan fingerprint density at radius 2 is 1.95 bits per heavy atom. The molecule has 22 heavy (non-hydrogen) atoms. The highest BCUT2D eigenvalue weighted by atomic mass is 19.3. The summed E-state index contributed by atoms with van der Waals surface area (Å²) in [5.41, 5.74) is 1.48. The lowest BCUT2D eigenvalue weighted by Crippen LogP contribution is -2.10. The van der Waals surface area contributed by atoms with Crippen LogP contribution in [0.2, 0.25) is 0 Å². The van der Waals surface area contributed by atoms with Crippen molar-refractivity contribution in [1.29, 1.82) is 0 Å². The summed E-state index contributed by atoms with van der Waals surface area (Å²) in [6.07, 6.45) is 4.68. The predicted octanol–water partition coefficient (Wildman–Crippen LogP) is 3.48. The molecule has 0 aliphatic heterocycles. The highest BCUT2D eigenvalue weighted by molar-refractivity contribution is 5.55. The molecule has 0 atom stereocenters. The Hall–Kier alpha value is -2.44. The summed E-state index contributed by atoms with van der Waals surface area (Å²) in [6.45, 7) is 1.19. The second-order valence-corrected chi connectivity index (χ2v) is 4.76. The van der Waals surface area contributed by atoms with Crippen LogP contribution in [0.25, 0.3) is 0 Å². The highest BCUT2D eigenvalue weighted by Crippen LogP contribution is 2.32. The molecule has 0 saturated carbocycles. The van der Waals surface area contributed by atoms with Gasteiger partial charge in [-0.15, -0.1) is 0 Å². The second-order valence-electron chi connectivity index (χ2n) is 4.76. The molecule has 0 aliphatic rings. The van der Waals surface area contributed by atoms with Crippen LogP contribution in [-0.4, -0.2) is 22.7 Å². The minimum absolute atomic E-state index is 0.00810. The molecule has 7 heteroatoms. The Balaban J connectivity index is 2.11. The normalized spacial score (nSPS) is 10.8. The van der Waals surface area contributed by atoms with Gasteiger partial charge in [0.2, 0.25) is 0 Å². The van der Waals surface area contributed by atoms with Gasteiger partial charge in [-0.1, -0.05) is 0 Å². The van der Waals surface area contributed by atoms with E-state index in [0.29, 0.717) is 12.2 Å². The number of halogens is 2. The molecule has 0 fully saturated rings. The smallest absolute Gasteiger partial charge is 0.387 e. The largest absolute Gasteiger partial charge is 0.487 e. The van der Waals surface area contributed by atoms with E-state index in [2.05, 4.69) is 20.0 Å². The first kappa shape index (κ1) is 15.9. The molecule has 1 heterocycles. The van der Waals surface area contributed by atoms with Crippen molar-refractivity contribution in [3.05, 3.63) is 42.5 Å². The zero-order valence-corrected chi connectivity index (χ0v) is 12.3. The standard InChI is InChI=1S/C15H17F2N3O2/c1-10(2)21-14-7-11(3-4-13(14)22-15(16)17)20-9-12-8-18-5-6-19-12/h3-8,10,15,20H,9H2,1-2H3. The molecular formula is C15H17F2N3O2. The fourth-order valence-electron chi connectivity index (χ4n) is 1.77. The Morgan fingerprint density at radius 3 is 2.59 bits per heavy atom. The van der Waals surface area contributed by atoms with Crippen molar-refractivity contribution in [2.45, 2.75) is 33.1 Å². The molecule has 1 N–H and O–H groups in total.